The summed E-state index contributed by atoms with van der Waals surface area (Å²) in [7, 11) is 3.35. The summed E-state index contributed by atoms with van der Waals surface area (Å²) < 4.78 is 16.4. The lowest BCUT2D eigenvalue weighted by atomic mass is 10.2. The topological polar surface area (TPSA) is 30.9 Å². The third-order valence-electron chi connectivity index (χ3n) is 4.52. The predicted molar refractivity (Wildman–Crippen MR) is 115 cm³/mol. The van der Waals surface area contributed by atoms with Crippen molar-refractivity contribution in [2.45, 2.75) is 19.8 Å². The highest BCUT2D eigenvalue weighted by molar-refractivity contribution is 5.77. The van der Waals surface area contributed by atoms with Crippen LogP contribution in [-0.4, -0.2) is 20.8 Å². The van der Waals surface area contributed by atoms with E-state index in [0.717, 1.165) is 53.8 Å². The van der Waals surface area contributed by atoms with Crippen LogP contribution in [0.25, 0.3) is 0 Å². The highest BCUT2D eigenvalue weighted by Crippen LogP contribution is 2.36. The van der Waals surface area contributed by atoms with Crippen molar-refractivity contribution >= 4 is 17.1 Å². The highest BCUT2D eigenvalue weighted by Gasteiger charge is 2.13. The maximum atomic E-state index is 5.80. The van der Waals surface area contributed by atoms with E-state index in [1.165, 1.54) is 0 Å². The minimum Gasteiger partial charge on any atom is -0.497 e. The maximum Gasteiger partial charge on any atom is 0.119 e. The zero-order valence-corrected chi connectivity index (χ0v) is 16.7. The molecule has 146 valence electrons. The smallest absolute Gasteiger partial charge is 0.119 e. The molecular weight excluding hydrogens is 350 g/mol. The summed E-state index contributed by atoms with van der Waals surface area (Å²) in [5.74, 6) is 2.55. The van der Waals surface area contributed by atoms with E-state index >= 15 is 0 Å². The maximum absolute atomic E-state index is 5.80. The average molecular weight is 377 g/mol. The Kier molecular flexibility index (Phi) is 6.79. The molecular formula is C24H27NO3. The Morgan fingerprint density at radius 3 is 1.36 bits per heavy atom. The van der Waals surface area contributed by atoms with Crippen molar-refractivity contribution in [3.05, 3.63) is 72.8 Å². The molecule has 0 N–H and O–H groups in total. The fourth-order valence-corrected chi connectivity index (χ4v) is 2.94. The Morgan fingerprint density at radius 1 is 0.607 bits per heavy atom. The largest absolute Gasteiger partial charge is 0.497 e. The van der Waals surface area contributed by atoms with Crippen LogP contribution >= 0.6 is 0 Å². The lowest BCUT2D eigenvalue weighted by Gasteiger charge is -2.26. The molecule has 4 nitrogen and oxygen atoms in total. The van der Waals surface area contributed by atoms with Crippen molar-refractivity contribution in [1.29, 1.82) is 0 Å². The number of unbranched alkanes of at least 4 members (excludes halogenated alkanes) is 1. The van der Waals surface area contributed by atoms with Gasteiger partial charge in [-0.15, -0.1) is 0 Å². The van der Waals surface area contributed by atoms with Gasteiger partial charge in [0.15, 0.2) is 0 Å². The molecule has 0 saturated carbocycles. The SMILES string of the molecule is CCCCOc1ccc(N(c2ccc(OC)cc2)c2ccc(OC)cc2)cc1. The molecule has 0 fully saturated rings. The third-order valence-corrected chi connectivity index (χ3v) is 4.52. The molecule has 0 aliphatic rings. The van der Waals surface area contributed by atoms with Crippen LogP contribution < -0.4 is 19.1 Å². The van der Waals surface area contributed by atoms with Gasteiger partial charge in [-0.2, -0.15) is 0 Å². The third kappa shape index (κ3) is 4.77. The number of rotatable bonds is 9. The van der Waals surface area contributed by atoms with Gasteiger partial charge in [-0.25, -0.2) is 0 Å². The molecule has 0 aliphatic carbocycles. The Morgan fingerprint density at radius 2 is 1.00 bits per heavy atom. The molecule has 0 unspecified atom stereocenters. The van der Waals surface area contributed by atoms with E-state index in [-0.39, 0.29) is 0 Å². The quantitative estimate of drug-likeness (QED) is 0.406. The second-order valence-electron chi connectivity index (χ2n) is 6.43. The van der Waals surface area contributed by atoms with Crippen LogP contribution in [0.2, 0.25) is 0 Å². The molecule has 28 heavy (non-hydrogen) atoms. The van der Waals surface area contributed by atoms with Crippen molar-refractivity contribution < 1.29 is 14.2 Å². The normalized spacial score (nSPS) is 10.4. The van der Waals surface area contributed by atoms with Crippen molar-refractivity contribution in [3.8, 4) is 17.2 Å². The first-order chi connectivity index (χ1) is 13.7. The monoisotopic (exact) mass is 377 g/mol. The minimum atomic E-state index is 0.747. The van der Waals surface area contributed by atoms with Gasteiger partial charge in [0, 0.05) is 17.1 Å². The number of ether oxygens (including phenoxy) is 3. The van der Waals surface area contributed by atoms with Crippen LogP contribution in [0.1, 0.15) is 19.8 Å². The van der Waals surface area contributed by atoms with E-state index in [1.807, 2.05) is 36.4 Å². The Bertz CT molecular complexity index is 795. The van der Waals surface area contributed by atoms with Crippen LogP contribution in [-0.2, 0) is 0 Å². The van der Waals surface area contributed by atoms with E-state index in [9.17, 15) is 0 Å². The van der Waals surface area contributed by atoms with Gasteiger partial charge in [-0.05, 0) is 79.2 Å². The summed E-state index contributed by atoms with van der Waals surface area (Å²) >= 11 is 0. The highest BCUT2D eigenvalue weighted by atomic mass is 16.5. The molecule has 0 spiro atoms. The Hall–Kier alpha value is -3.14. The zero-order valence-electron chi connectivity index (χ0n) is 16.7. The molecule has 3 aromatic carbocycles. The van der Waals surface area contributed by atoms with Crippen LogP contribution in [0.15, 0.2) is 72.8 Å². The molecule has 0 amide bonds. The minimum absolute atomic E-state index is 0.747. The summed E-state index contributed by atoms with van der Waals surface area (Å²) in [5.41, 5.74) is 3.15. The van der Waals surface area contributed by atoms with Crippen LogP contribution in [0.5, 0.6) is 17.2 Å². The van der Waals surface area contributed by atoms with E-state index in [2.05, 4.69) is 48.2 Å². The lowest BCUT2D eigenvalue weighted by Crippen LogP contribution is -2.10. The number of hydrogen-bond acceptors (Lipinski definition) is 4. The van der Waals surface area contributed by atoms with Gasteiger partial charge in [-0.1, -0.05) is 13.3 Å². The molecule has 3 rings (SSSR count). The van der Waals surface area contributed by atoms with Gasteiger partial charge in [0.2, 0.25) is 0 Å². The molecule has 0 saturated heterocycles. The number of benzene rings is 3. The number of anilines is 3. The van der Waals surface area contributed by atoms with Gasteiger partial charge >= 0.3 is 0 Å². The van der Waals surface area contributed by atoms with Crippen molar-refractivity contribution in [3.63, 3.8) is 0 Å². The average Bonchev–Trinajstić information content (AvgIpc) is 2.76. The second kappa shape index (κ2) is 9.70. The van der Waals surface area contributed by atoms with Gasteiger partial charge in [0.1, 0.15) is 17.2 Å². The summed E-state index contributed by atoms with van der Waals surface area (Å²) in [6, 6.07) is 24.3. The lowest BCUT2D eigenvalue weighted by molar-refractivity contribution is 0.309. The molecule has 0 atom stereocenters. The summed E-state index contributed by atoms with van der Waals surface area (Å²) in [4.78, 5) is 2.19. The van der Waals surface area contributed by atoms with E-state index < -0.39 is 0 Å². The summed E-state index contributed by atoms with van der Waals surface area (Å²) in [6.45, 7) is 2.91. The first-order valence-corrected chi connectivity index (χ1v) is 9.56. The summed E-state index contributed by atoms with van der Waals surface area (Å²) in [6.07, 6.45) is 2.19. The number of hydrogen-bond donors (Lipinski definition) is 0. The predicted octanol–water partition coefficient (Wildman–Crippen LogP) is 6.35. The van der Waals surface area contributed by atoms with Gasteiger partial charge in [-0.3, -0.25) is 0 Å². The zero-order chi connectivity index (χ0) is 19.8. The number of methoxy groups -OCH3 is 2. The van der Waals surface area contributed by atoms with Crippen molar-refractivity contribution in [2.75, 3.05) is 25.7 Å². The molecule has 4 heteroatoms. The van der Waals surface area contributed by atoms with E-state index in [0.29, 0.717) is 0 Å². The standard InChI is InChI=1S/C24H27NO3/c1-4-5-18-28-24-16-10-21(11-17-24)25(19-6-12-22(26-2)13-7-19)20-8-14-23(27-3)15-9-20/h6-17H,4-5,18H2,1-3H3. The fourth-order valence-electron chi connectivity index (χ4n) is 2.94. The molecule has 3 aromatic rings. The van der Waals surface area contributed by atoms with Gasteiger partial charge < -0.3 is 19.1 Å². The molecule has 0 radical (unpaired) electrons. The number of nitrogens with zero attached hydrogens (tertiary/aromatic N) is 1. The Balaban J connectivity index is 1.92. The van der Waals surface area contributed by atoms with Gasteiger partial charge in [0.25, 0.3) is 0 Å². The Labute approximate surface area is 167 Å². The fraction of sp³-hybridized carbons (Fsp3) is 0.250. The summed E-state index contributed by atoms with van der Waals surface area (Å²) in [5, 5.41) is 0. The second-order valence-corrected chi connectivity index (χ2v) is 6.43. The molecule has 0 aromatic heterocycles. The first kappa shape index (κ1) is 19.6. The van der Waals surface area contributed by atoms with Crippen molar-refractivity contribution in [2.24, 2.45) is 0 Å². The van der Waals surface area contributed by atoms with Crippen LogP contribution in [0.4, 0.5) is 17.1 Å². The molecule has 0 heterocycles. The molecule has 0 aliphatic heterocycles. The van der Waals surface area contributed by atoms with E-state index in [4.69, 9.17) is 14.2 Å². The van der Waals surface area contributed by atoms with E-state index in [1.54, 1.807) is 14.2 Å². The molecule has 0 bridgehead atoms. The van der Waals surface area contributed by atoms with Crippen LogP contribution in [0.3, 0.4) is 0 Å². The van der Waals surface area contributed by atoms with Crippen molar-refractivity contribution in [1.82, 2.24) is 0 Å². The first-order valence-electron chi connectivity index (χ1n) is 9.56. The van der Waals surface area contributed by atoms with Gasteiger partial charge in [0.05, 0.1) is 20.8 Å². The van der Waals surface area contributed by atoms with Crippen LogP contribution in [0, 0.1) is 0 Å².